The van der Waals surface area contributed by atoms with Gasteiger partial charge in [-0.2, -0.15) is 0 Å². The average molecular weight is 271 g/mol. The molecular formula is C16H21N3O. The van der Waals surface area contributed by atoms with E-state index in [-0.39, 0.29) is 5.91 Å². The summed E-state index contributed by atoms with van der Waals surface area (Å²) >= 11 is 0. The van der Waals surface area contributed by atoms with Crippen molar-refractivity contribution in [3.05, 3.63) is 42.1 Å². The highest BCUT2D eigenvalue weighted by molar-refractivity contribution is 6.05. The number of hydrogen-bond donors (Lipinski definition) is 1. The zero-order valence-electron chi connectivity index (χ0n) is 12.0. The van der Waals surface area contributed by atoms with Gasteiger partial charge in [-0.25, -0.2) is 0 Å². The molecule has 0 saturated heterocycles. The molecule has 0 spiro atoms. The number of hydrogen-bond acceptors (Lipinski definition) is 3. The predicted molar refractivity (Wildman–Crippen MR) is 81.5 cm³/mol. The summed E-state index contributed by atoms with van der Waals surface area (Å²) in [5, 5.41) is 0.987. The molecule has 1 aromatic carbocycles. The second-order valence-corrected chi connectivity index (χ2v) is 5.07. The van der Waals surface area contributed by atoms with Crippen LogP contribution in [0.25, 0.3) is 10.9 Å². The standard InChI is InChI=1S/C16H21N3O/c1-3-19(11-12(2)10-17)16(20)14-8-4-6-13-7-5-9-18-15(13)14/h4-9,12H,3,10-11,17H2,1-2H3. The number of aromatic nitrogens is 1. The van der Waals surface area contributed by atoms with Crippen LogP contribution in [0, 0.1) is 5.92 Å². The fourth-order valence-electron chi connectivity index (χ4n) is 2.25. The van der Waals surface area contributed by atoms with Gasteiger partial charge in [-0.05, 0) is 31.5 Å². The number of rotatable bonds is 5. The van der Waals surface area contributed by atoms with Gasteiger partial charge in [-0.1, -0.05) is 25.1 Å². The Morgan fingerprint density at radius 3 is 2.80 bits per heavy atom. The Labute approximate surface area is 119 Å². The number of pyridine rings is 1. The Balaban J connectivity index is 2.34. The van der Waals surface area contributed by atoms with E-state index in [4.69, 9.17) is 5.73 Å². The molecule has 20 heavy (non-hydrogen) atoms. The first kappa shape index (κ1) is 14.5. The van der Waals surface area contributed by atoms with Gasteiger partial charge in [-0.3, -0.25) is 9.78 Å². The number of fused-ring (bicyclic) bond motifs is 1. The van der Waals surface area contributed by atoms with E-state index >= 15 is 0 Å². The van der Waals surface area contributed by atoms with Crippen molar-refractivity contribution in [2.45, 2.75) is 13.8 Å². The lowest BCUT2D eigenvalue weighted by Crippen LogP contribution is -2.36. The van der Waals surface area contributed by atoms with Crippen LogP contribution in [0.15, 0.2) is 36.5 Å². The Bertz CT molecular complexity index is 592. The van der Waals surface area contributed by atoms with E-state index in [9.17, 15) is 4.79 Å². The first-order valence-corrected chi connectivity index (χ1v) is 7.00. The van der Waals surface area contributed by atoms with Crippen molar-refractivity contribution < 1.29 is 4.79 Å². The molecule has 0 saturated carbocycles. The molecule has 2 N–H and O–H groups in total. The number of para-hydroxylation sites is 1. The first-order valence-electron chi connectivity index (χ1n) is 7.00. The fourth-order valence-corrected chi connectivity index (χ4v) is 2.25. The fraction of sp³-hybridized carbons (Fsp3) is 0.375. The molecule has 4 heteroatoms. The van der Waals surface area contributed by atoms with Gasteiger partial charge in [0.2, 0.25) is 0 Å². The molecule has 1 atom stereocenters. The lowest BCUT2D eigenvalue weighted by Gasteiger charge is -2.24. The maximum atomic E-state index is 12.7. The van der Waals surface area contributed by atoms with E-state index in [2.05, 4.69) is 11.9 Å². The molecule has 1 heterocycles. The molecule has 0 aliphatic rings. The van der Waals surface area contributed by atoms with Crippen molar-refractivity contribution in [3.63, 3.8) is 0 Å². The molecular weight excluding hydrogens is 250 g/mol. The normalized spacial score (nSPS) is 12.3. The lowest BCUT2D eigenvalue weighted by atomic mass is 10.1. The summed E-state index contributed by atoms with van der Waals surface area (Å²) < 4.78 is 0. The van der Waals surface area contributed by atoms with E-state index in [0.29, 0.717) is 31.1 Å². The monoisotopic (exact) mass is 271 g/mol. The Morgan fingerprint density at radius 1 is 1.35 bits per heavy atom. The molecule has 1 aromatic heterocycles. The first-order chi connectivity index (χ1) is 9.67. The van der Waals surface area contributed by atoms with Crippen molar-refractivity contribution in [3.8, 4) is 0 Å². The molecule has 106 valence electrons. The van der Waals surface area contributed by atoms with Crippen LogP contribution >= 0.6 is 0 Å². The number of nitrogens with two attached hydrogens (primary N) is 1. The van der Waals surface area contributed by atoms with E-state index in [1.54, 1.807) is 6.20 Å². The van der Waals surface area contributed by atoms with Crippen LogP contribution < -0.4 is 5.73 Å². The molecule has 0 aliphatic heterocycles. The van der Waals surface area contributed by atoms with E-state index in [1.165, 1.54) is 0 Å². The molecule has 0 fully saturated rings. The molecule has 2 rings (SSSR count). The smallest absolute Gasteiger partial charge is 0.256 e. The molecule has 1 amide bonds. The Morgan fingerprint density at radius 2 is 2.10 bits per heavy atom. The second-order valence-electron chi connectivity index (χ2n) is 5.07. The van der Waals surface area contributed by atoms with E-state index in [1.807, 2.05) is 42.2 Å². The van der Waals surface area contributed by atoms with Crippen molar-refractivity contribution in [2.75, 3.05) is 19.6 Å². The third kappa shape index (κ3) is 2.96. The van der Waals surface area contributed by atoms with Gasteiger partial charge in [0.15, 0.2) is 0 Å². The van der Waals surface area contributed by atoms with Crippen molar-refractivity contribution in [1.29, 1.82) is 0 Å². The van der Waals surface area contributed by atoms with E-state index < -0.39 is 0 Å². The summed E-state index contributed by atoms with van der Waals surface area (Å²) in [5.74, 6) is 0.318. The summed E-state index contributed by atoms with van der Waals surface area (Å²) in [6.45, 7) is 5.97. The number of nitrogens with zero attached hydrogens (tertiary/aromatic N) is 2. The third-order valence-corrected chi connectivity index (χ3v) is 3.47. The van der Waals surface area contributed by atoms with Crippen molar-refractivity contribution in [1.82, 2.24) is 9.88 Å². The zero-order valence-corrected chi connectivity index (χ0v) is 12.0. The molecule has 4 nitrogen and oxygen atoms in total. The van der Waals surface area contributed by atoms with Gasteiger partial charge in [0.25, 0.3) is 5.91 Å². The van der Waals surface area contributed by atoms with E-state index in [0.717, 1.165) is 10.9 Å². The summed E-state index contributed by atoms with van der Waals surface area (Å²) in [5.41, 5.74) is 7.08. The van der Waals surface area contributed by atoms with Crippen LogP contribution in [0.3, 0.4) is 0 Å². The molecule has 0 bridgehead atoms. The molecule has 1 unspecified atom stereocenters. The van der Waals surface area contributed by atoms with Gasteiger partial charge < -0.3 is 10.6 Å². The van der Waals surface area contributed by atoms with Crippen molar-refractivity contribution in [2.24, 2.45) is 11.7 Å². The van der Waals surface area contributed by atoms with Crippen molar-refractivity contribution >= 4 is 16.8 Å². The van der Waals surface area contributed by atoms with Crippen LogP contribution in [-0.2, 0) is 0 Å². The number of carbonyl (C=O) groups excluding carboxylic acids is 1. The number of benzene rings is 1. The summed E-state index contributed by atoms with van der Waals surface area (Å²) in [4.78, 5) is 18.9. The van der Waals surface area contributed by atoms with Gasteiger partial charge in [0.05, 0.1) is 11.1 Å². The predicted octanol–water partition coefficient (Wildman–Crippen LogP) is 2.29. The minimum absolute atomic E-state index is 0.0251. The van der Waals surface area contributed by atoms with Gasteiger partial charge >= 0.3 is 0 Å². The largest absolute Gasteiger partial charge is 0.339 e. The average Bonchev–Trinajstić information content (AvgIpc) is 2.51. The minimum Gasteiger partial charge on any atom is -0.339 e. The summed E-state index contributed by atoms with van der Waals surface area (Å²) in [6.07, 6.45) is 1.72. The molecule has 0 radical (unpaired) electrons. The van der Waals surface area contributed by atoms with Gasteiger partial charge in [-0.15, -0.1) is 0 Å². The minimum atomic E-state index is 0.0251. The quantitative estimate of drug-likeness (QED) is 0.907. The SMILES string of the molecule is CCN(CC(C)CN)C(=O)c1cccc2cccnc12. The lowest BCUT2D eigenvalue weighted by molar-refractivity contribution is 0.0745. The number of amides is 1. The highest BCUT2D eigenvalue weighted by atomic mass is 16.2. The van der Waals surface area contributed by atoms with Crippen LogP contribution in [0.4, 0.5) is 0 Å². The maximum Gasteiger partial charge on any atom is 0.256 e. The Hall–Kier alpha value is -1.94. The summed E-state index contributed by atoms with van der Waals surface area (Å²) in [7, 11) is 0. The highest BCUT2D eigenvalue weighted by Crippen LogP contribution is 2.18. The topological polar surface area (TPSA) is 59.2 Å². The van der Waals surface area contributed by atoms with Crippen LogP contribution in [0.2, 0.25) is 0 Å². The third-order valence-electron chi connectivity index (χ3n) is 3.47. The van der Waals surface area contributed by atoms with Gasteiger partial charge in [0, 0.05) is 24.7 Å². The summed E-state index contributed by atoms with van der Waals surface area (Å²) in [6, 6.07) is 9.56. The molecule has 0 aliphatic carbocycles. The van der Waals surface area contributed by atoms with Crippen LogP contribution in [-0.4, -0.2) is 35.4 Å². The zero-order chi connectivity index (χ0) is 14.5. The highest BCUT2D eigenvalue weighted by Gasteiger charge is 2.18. The van der Waals surface area contributed by atoms with Crippen LogP contribution in [0.5, 0.6) is 0 Å². The second kappa shape index (κ2) is 6.48. The Kier molecular flexibility index (Phi) is 4.69. The maximum absolute atomic E-state index is 12.7. The number of carbonyl (C=O) groups is 1. The van der Waals surface area contributed by atoms with Crippen LogP contribution in [0.1, 0.15) is 24.2 Å². The van der Waals surface area contributed by atoms with Gasteiger partial charge in [0.1, 0.15) is 0 Å². The molecule has 2 aromatic rings.